The zero-order chi connectivity index (χ0) is 11.5. The van der Waals surface area contributed by atoms with E-state index in [1.54, 1.807) is 6.07 Å². The lowest BCUT2D eigenvalue weighted by Crippen LogP contribution is -2.17. The molecule has 0 unspecified atom stereocenters. The number of carbonyl (C=O) groups is 1. The molecular weight excluding hydrogens is 210 g/mol. The van der Waals surface area contributed by atoms with Crippen LogP contribution >= 0.6 is 0 Å². The Hall–Kier alpha value is -2.44. The van der Waals surface area contributed by atoms with Gasteiger partial charge in [0.1, 0.15) is 5.69 Å². The summed E-state index contributed by atoms with van der Waals surface area (Å²) in [4.78, 5) is 28.4. The van der Waals surface area contributed by atoms with Crippen molar-refractivity contribution in [2.75, 3.05) is 5.32 Å². The van der Waals surface area contributed by atoms with Crippen LogP contribution in [0, 0.1) is 6.92 Å². The fraction of sp³-hybridized carbons (Fsp3) is 0.111. The molecule has 7 heteroatoms. The van der Waals surface area contributed by atoms with Crippen LogP contribution in [0.4, 0.5) is 5.82 Å². The van der Waals surface area contributed by atoms with E-state index in [0.717, 1.165) is 11.9 Å². The van der Waals surface area contributed by atoms with E-state index in [1.807, 2.05) is 6.92 Å². The number of anilines is 1. The minimum Gasteiger partial charge on any atom is -0.325 e. The maximum absolute atomic E-state index is 11.6. The molecule has 0 atom stereocenters. The number of rotatable bonds is 2. The van der Waals surface area contributed by atoms with Gasteiger partial charge in [0.25, 0.3) is 11.5 Å². The number of hydrogen-bond acceptors (Lipinski definition) is 4. The molecule has 3 N–H and O–H groups in total. The molecule has 0 fully saturated rings. The Kier molecular flexibility index (Phi) is 2.50. The molecule has 2 rings (SSSR count). The van der Waals surface area contributed by atoms with Gasteiger partial charge in [-0.3, -0.25) is 14.7 Å². The van der Waals surface area contributed by atoms with Crippen molar-refractivity contribution in [1.82, 2.24) is 20.2 Å². The molecule has 2 aromatic heterocycles. The zero-order valence-electron chi connectivity index (χ0n) is 8.44. The number of aryl methyl sites for hydroxylation is 1. The summed E-state index contributed by atoms with van der Waals surface area (Å²) < 4.78 is 0. The van der Waals surface area contributed by atoms with E-state index in [0.29, 0.717) is 5.82 Å². The summed E-state index contributed by atoms with van der Waals surface area (Å²) in [6.45, 7) is 1.82. The van der Waals surface area contributed by atoms with Crippen molar-refractivity contribution in [3.05, 3.63) is 40.2 Å². The number of hydrogen-bond donors (Lipinski definition) is 3. The van der Waals surface area contributed by atoms with Crippen LogP contribution in [0.2, 0.25) is 0 Å². The lowest BCUT2D eigenvalue weighted by atomic mass is 10.4. The molecule has 0 bridgehead atoms. The number of aromatic amines is 2. The van der Waals surface area contributed by atoms with Crippen molar-refractivity contribution >= 4 is 11.7 Å². The van der Waals surface area contributed by atoms with Crippen molar-refractivity contribution < 1.29 is 4.79 Å². The van der Waals surface area contributed by atoms with Crippen molar-refractivity contribution in [2.24, 2.45) is 0 Å². The summed E-state index contributed by atoms with van der Waals surface area (Å²) in [7, 11) is 0. The van der Waals surface area contributed by atoms with Crippen LogP contribution < -0.4 is 10.9 Å². The maximum atomic E-state index is 11.6. The highest BCUT2D eigenvalue weighted by atomic mass is 16.2. The first-order chi connectivity index (χ1) is 7.65. The predicted molar refractivity (Wildman–Crippen MR) is 56.1 cm³/mol. The van der Waals surface area contributed by atoms with Gasteiger partial charge >= 0.3 is 0 Å². The summed E-state index contributed by atoms with van der Waals surface area (Å²) in [5, 5.41) is 9.07. The van der Waals surface area contributed by atoms with E-state index in [-0.39, 0.29) is 11.3 Å². The van der Waals surface area contributed by atoms with Gasteiger partial charge in [0.15, 0.2) is 5.82 Å². The maximum Gasteiger partial charge on any atom is 0.276 e. The standard InChI is InChI=1S/C9H9N5O2/c1-5-2-7(14-13-5)12-9(16)6-3-11-8(15)4-10-6/h2-4H,1H3,(H,11,15)(H2,12,13,14,16). The first kappa shape index (κ1) is 10.1. The molecule has 7 nitrogen and oxygen atoms in total. The van der Waals surface area contributed by atoms with Crippen molar-refractivity contribution in [3.63, 3.8) is 0 Å². The minimum atomic E-state index is -0.428. The van der Waals surface area contributed by atoms with Gasteiger partial charge in [0.05, 0.1) is 6.20 Å². The topological polar surface area (TPSA) is 104 Å². The Labute approximate surface area is 89.9 Å². The number of aromatic nitrogens is 4. The highest BCUT2D eigenvalue weighted by Crippen LogP contribution is 2.04. The second-order valence-electron chi connectivity index (χ2n) is 3.19. The molecule has 82 valence electrons. The average Bonchev–Trinajstić information content (AvgIpc) is 2.65. The lowest BCUT2D eigenvalue weighted by Gasteiger charge is -1.99. The monoisotopic (exact) mass is 219 g/mol. The molecule has 0 aromatic carbocycles. The third kappa shape index (κ3) is 2.14. The third-order valence-electron chi connectivity index (χ3n) is 1.85. The Morgan fingerprint density at radius 1 is 1.50 bits per heavy atom. The molecular formula is C9H9N5O2. The second kappa shape index (κ2) is 3.97. The normalized spacial score (nSPS) is 10.1. The summed E-state index contributed by atoms with van der Waals surface area (Å²) in [6.07, 6.45) is 2.29. The molecule has 0 aliphatic carbocycles. The Morgan fingerprint density at radius 3 is 2.88 bits per heavy atom. The molecule has 0 saturated heterocycles. The van der Waals surface area contributed by atoms with Crippen molar-refractivity contribution in [3.8, 4) is 0 Å². The van der Waals surface area contributed by atoms with E-state index in [4.69, 9.17) is 0 Å². The van der Waals surface area contributed by atoms with Crippen LogP contribution in [-0.2, 0) is 0 Å². The smallest absolute Gasteiger partial charge is 0.276 e. The van der Waals surface area contributed by atoms with E-state index < -0.39 is 5.91 Å². The van der Waals surface area contributed by atoms with Crippen LogP contribution in [0.3, 0.4) is 0 Å². The summed E-state index contributed by atoms with van der Waals surface area (Å²) in [6, 6.07) is 1.68. The lowest BCUT2D eigenvalue weighted by molar-refractivity contribution is 0.102. The summed E-state index contributed by atoms with van der Waals surface area (Å²) in [5.41, 5.74) is 0.608. The minimum absolute atomic E-state index is 0.125. The Bertz CT molecular complexity index is 551. The summed E-state index contributed by atoms with van der Waals surface area (Å²) >= 11 is 0. The van der Waals surface area contributed by atoms with Gasteiger partial charge in [-0.1, -0.05) is 0 Å². The van der Waals surface area contributed by atoms with Gasteiger partial charge < -0.3 is 10.3 Å². The van der Waals surface area contributed by atoms with Crippen LogP contribution in [0.5, 0.6) is 0 Å². The second-order valence-corrected chi connectivity index (χ2v) is 3.19. The Morgan fingerprint density at radius 2 is 2.31 bits per heavy atom. The molecule has 0 saturated carbocycles. The van der Waals surface area contributed by atoms with Gasteiger partial charge in [-0.05, 0) is 6.92 Å². The van der Waals surface area contributed by atoms with Gasteiger partial charge in [-0.25, -0.2) is 4.98 Å². The predicted octanol–water partition coefficient (Wildman–Crippen LogP) is 0.0537. The highest BCUT2D eigenvalue weighted by Gasteiger charge is 2.08. The van der Waals surface area contributed by atoms with Crippen molar-refractivity contribution in [1.29, 1.82) is 0 Å². The molecule has 0 aliphatic rings. The van der Waals surface area contributed by atoms with Crippen LogP contribution in [0.15, 0.2) is 23.3 Å². The SMILES string of the molecule is Cc1cc(NC(=O)c2c[nH]c(=O)cn2)n[nH]1. The van der Waals surface area contributed by atoms with Crippen LogP contribution in [-0.4, -0.2) is 26.1 Å². The number of carbonyl (C=O) groups excluding carboxylic acids is 1. The molecule has 16 heavy (non-hydrogen) atoms. The largest absolute Gasteiger partial charge is 0.325 e. The number of nitrogens with one attached hydrogen (secondary N) is 3. The van der Waals surface area contributed by atoms with E-state index >= 15 is 0 Å². The van der Waals surface area contributed by atoms with Gasteiger partial charge in [-0.2, -0.15) is 5.10 Å². The molecule has 2 heterocycles. The van der Waals surface area contributed by atoms with Gasteiger partial charge in [0.2, 0.25) is 0 Å². The molecule has 0 aliphatic heterocycles. The van der Waals surface area contributed by atoms with Gasteiger partial charge in [-0.15, -0.1) is 0 Å². The Balaban J connectivity index is 2.14. The third-order valence-corrected chi connectivity index (χ3v) is 1.85. The van der Waals surface area contributed by atoms with Gasteiger partial charge in [0, 0.05) is 18.0 Å². The molecule has 2 aromatic rings. The average molecular weight is 219 g/mol. The van der Waals surface area contributed by atoms with E-state index in [9.17, 15) is 9.59 Å². The quantitative estimate of drug-likeness (QED) is 0.664. The fourth-order valence-corrected chi connectivity index (χ4v) is 1.13. The highest BCUT2D eigenvalue weighted by molar-refractivity contribution is 6.02. The first-order valence-corrected chi connectivity index (χ1v) is 4.53. The fourth-order valence-electron chi connectivity index (χ4n) is 1.13. The number of nitrogens with zero attached hydrogens (tertiary/aromatic N) is 2. The van der Waals surface area contributed by atoms with Crippen LogP contribution in [0.1, 0.15) is 16.2 Å². The molecule has 1 amide bonds. The molecule has 0 radical (unpaired) electrons. The summed E-state index contributed by atoms with van der Waals surface area (Å²) in [5.74, 6) is -0.0155. The van der Waals surface area contributed by atoms with E-state index in [2.05, 4.69) is 25.5 Å². The zero-order valence-corrected chi connectivity index (χ0v) is 8.44. The number of H-pyrrole nitrogens is 2. The van der Waals surface area contributed by atoms with Crippen molar-refractivity contribution in [2.45, 2.75) is 6.92 Å². The molecule has 0 spiro atoms. The first-order valence-electron chi connectivity index (χ1n) is 4.53. The number of amides is 1. The van der Waals surface area contributed by atoms with Crippen LogP contribution in [0.25, 0.3) is 0 Å². The van der Waals surface area contributed by atoms with E-state index in [1.165, 1.54) is 6.20 Å².